The molecule has 2 aliphatic rings. The summed E-state index contributed by atoms with van der Waals surface area (Å²) in [4.78, 5) is 16.8. The molecule has 1 atom stereocenters. The molecule has 1 aromatic carbocycles. The third-order valence-electron chi connectivity index (χ3n) is 4.54. The second-order valence-electron chi connectivity index (χ2n) is 6.09. The van der Waals surface area contributed by atoms with Gasteiger partial charge in [0.15, 0.2) is 0 Å². The van der Waals surface area contributed by atoms with Crippen LogP contribution >= 0.6 is 0 Å². The summed E-state index contributed by atoms with van der Waals surface area (Å²) in [6, 6.07) is 6.94. The Morgan fingerprint density at radius 2 is 1.95 bits per heavy atom. The molecule has 114 valence electrons. The number of amides is 2. The van der Waals surface area contributed by atoms with E-state index in [1.807, 2.05) is 4.90 Å². The molecule has 2 heterocycles. The lowest BCUT2D eigenvalue weighted by Gasteiger charge is -2.42. The number of carbonyl (C=O) groups is 1. The maximum atomic E-state index is 12.3. The standard InChI is InChI=1S/C17H25N3O/c1-3-8-19(9-4-2)15-10-13-6-5-7-14-11-18-17(21)20(12-15)16(13)14/h5-7,15H,3-4,8-12H2,1-2H3,(H,18,21)/t15-/m0/s1. The van der Waals surface area contributed by atoms with Crippen LogP contribution < -0.4 is 10.2 Å². The molecule has 0 saturated carbocycles. The van der Waals surface area contributed by atoms with Crippen LogP contribution in [0.3, 0.4) is 0 Å². The first kappa shape index (κ1) is 14.4. The molecule has 0 aromatic heterocycles. The van der Waals surface area contributed by atoms with Crippen LogP contribution in [-0.2, 0) is 13.0 Å². The van der Waals surface area contributed by atoms with E-state index in [2.05, 4.69) is 42.3 Å². The zero-order valence-corrected chi connectivity index (χ0v) is 13.1. The van der Waals surface area contributed by atoms with Crippen LogP contribution in [0.25, 0.3) is 0 Å². The summed E-state index contributed by atoms with van der Waals surface area (Å²) in [5.74, 6) is 0. The first-order chi connectivity index (χ1) is 10.2. The van der Waals surface area contributed by atoms with E-state index in [1.54, 1.807) is 0 Å². The summed E-state index contributed by atoms with van der Waals surface area (Å²) >= 11 is 0. The Kier molecular flexibility index (Phi) is 4.15. The van der Waals surface area contributed by atoms with Crippen molar-refractivity contribution in [3.05, 3.63) is 29.3 Å². The van der Waals surface area contributed by atoms with Gasteiger partial charge >= 0.3 is 6.03 Å². The van der Waals surface area contributed by atoms with E-state index in [4.69, 9.17) is 0 Å². The molecular formula is C17H25N3O. The number of rotatable bonds is 5. The number of para-hydroxylation sites is 1. The highest BCUT2D eigenvalue weighted by molar-refractivity contribution is 5.96. The van der Waals surface area contributed by atoms with E-state index in [1.165, 1.54) is 16.8 Å². The maximum absolute atomic E-state index is 12.3. The zero-order valence-electron chi connectivity index (χ0n) is 13.1. The van der Waals surface area contributed by atoms with Gasteiger partial charge in [0.05, 0.1) is 5.69 Å². The highest BCUT2D eigenvalue weighted by Gasteiger charge is 2.34. The molecular weight excluding hydrogens is 262 g/mol. The van der Waals surface area contributed by atoms with Crippen molar-refractivity contribution in [3.63, 3.8) is 0 Å². The fraction of sp³-hybridized carbons (Fsp3) is 0.588. The number of nitrogens with zero attached hydrogens (tertiary/aromatic N) is 2. The predicted octanol–water partition coefficient (Wildman–Crippen LogP) is 2.76. The molecule has 0 bridgehead atoms. The van der Waals surface area contributed by atoms with Crippen LogP contribution in [0.15, 0.2) is 18.2 Å². The monoisotopic (exact) mass is 287 g/mol. The van der Waals surface area contributed by atoms with Crippen molar-refractivity contribution in [2.45, 2.75) is 45.7 Å². The van der Waals surface area contributed by atoms with Crippen molar-refractivity contribution in [2.24, 2.45) is 0 Å². The van der Waals surface area contributed by atoms with Gasteiger partial charge in [0.2, 0.25) is 0 Å². The lowest BCUT2D eigenvalue weighted by molar-refractivity contribution is 0.189. The topological polar surface area (TPSA) is 35.6 Å². The van der Waals surface area contributed by atoms with E-state index in [0.717, 1.165) is 38.9 Å². The third kappa shape index (κ3) is 2.64. The van der Waals surface area contributed by atoms with Crippen molar-refractivity contribution in [3.8, 4) is 0 Å². The zero-order chi connectivity index (χ0) is 14.8. The van der Waals surface area contributed by atoms with E-state index in [-0.39, 0.29) is 6.03 Å². The summed E-state index contributed by atoms with van der Waals surface area (Å²) in [7, 11) is 0. The Morgan fingerprint density at radius 1 is 1.24 bits per heavy atom. The van der Waals surface area contributed by atoms with E-state index in [0.29, 0.717) is 12.6 Å². The van der Waals surface area contributed by atoms with E-state index in [9.17, 15) is 4.79 Å². The molecule has 0 radical (unpaired) electrons. The number of hydrogen-bond acceptors (Lipinski definition) is 2. The Balaban J connectivity index is 1.91. The predicted molar refractivity (Wildman–Crippen MR) is 85.7 cm³/mol. The molecule has 0 spiro atoms. The number of anilines is 1. The van der Waals surface area contributed by atoms with Crippen molar-refractivity contribution in [1.82, 2.24) is 10.2 Å². The first-order valence-electron chi connectivity index (χ1n) is 8.14. The van der Waals surface area contributed by atoms with Crippen LogP contribution in [0.5, 0.6) is 0 Å². The summed E-state index contributed by atoms with van der Waals surface area (Å²) < 4.78 is 0. The fourth-order valence-corrected chi connectivity index (χ4v) is 3.67. The molecule has 4 heteroatoms. The van der Waals surface area contributed by atoms with Crippen molar-refractivity contribution in [1.29, 1.82) is 0 Å². The van der Waals surface area contributed by atoms with Crippen LogP contribution in [0.2, 0.25) is 0 Å². The molecule has 21 heavy (non-hydrogen) atoms. The quantitative estimate of drug-likeness (QED) is 0.904. The molecule has 2 amide bonds. The van der Waals surface area contributed by atoms with Gasteiger partial charge < -0.3 is 5.32 Å². The summed E-state index contributed by atoms with van der Waals surface area (Å²) in [5, 5.41) is 2.99. The van der Waals surface area contributed by atoms with Crippen molar-refractivity contribution < 1.29 is 4.79 Å². The number of nitrogens with one attached hydrogen (secondary N) is 1. The number of carbonyl (C=O) groups excluding carboxylic acids is 1. The fourth-order valence-electron chi connectivity index (χ4n) is 3.67. The van der Waals surface area contributed by atoms with Gasteiger partial charge in [-0.15, -0.1) is 0 Å². The number of urea groups is 1. The van der Waals surface area contributed by atoms with Gasteiger partial charge in [-0.1, -0.05) is 32.0 Å². The average Bonchev–Trinajstić information content (AvgIpc) is 2.50. The molecule has 0 saturated heterocycles. The molecule has 0 aliphatic carbocycles. The summed E-state index contributed by atoms with van der Waals surface area (Å²) in [5.41, 5.74) is 3.75. The SMILES string of the molecule is CCCN(CCC)[C@H]1Cc2cccc3c2N(C1)C(=O)NC3. The van der Waals surface area contributed by atoms with Crippen LogP contribution in [0.1, 0.15) is 37.8 Å². The van der Waals surface area contributed by atoms with Gasteiger partial charge in [-0.2, -0.15) is 0 Å². The van der Waals surface area contributed by atoms with Crippen molar-refractivity contribution in [2.75, 3.05) is 24.5 Å². The van der Waals surface area contributed by atoms with E-state index < -0.39 is 0 Å². The van der Waals surface area contributed by atoms with Crippen LogP contribution in [0.4, 0.5) is 10.5 Å². The lowest BCUT2D eigenvalue weighted by Crippen LogP contribution is -2.55. The second-order valence-corrected chi connectivity index (χ2v) is 6.09. The van der Waals surface area contributed by atoms with Crippen LogP contribution in [0, 0.1) is 0 Å². The molecule has 1 N–H and O–H groups in total. The third-order valence-corrected chi connectivity index (χ3v) is 4.54. The second kappa shape index (κ2) is 6.06. The minimum atomic E-state index is 0.0626. The van der Waals surface area contributed by atoms with Crippen LogP contribution in [-0.4, -0.2) is 36.6 Å². The Bertz CT molecular complexity index is 523. The van der Waals surface area contributed by atoms with Gasteiger partial charge in [0, 0.05) is 19.1 Å². The highest BCUT2D eigenvalue weighted by atomic mass is 16.2. The normalized spacial score (nSPS) is 20.4. The minimum Gasteiger partial charge on any atom is -0.334 e. The minimum absolute atomic E-state index is 0.0626. The largest absolute Gasteiger partial charge is 0.334 e. The Labute approximate surface area is 127 Å². The van der Waals surface area contributed by atoms with Gasteiger partial charge in [-0.05, 0) is 43.5 Å². The molecule has 2 aliphatic heterocycles. The average molecular weight is 287 g/mol. The maximum Gasteiger partial charge on any atom is 0.322 e. The Morgan fingerprint density at radius 3 is 2.67 bits per heavy atom. The number of benzene rings is 1. The summed E-state index contributed by atoms with van der Waals surface area (Å²) in [6.07, 6.45) is 3.39. The lowest BCUT2D eigenvalue weighted by atomic mass is 9.92. The van der Waals surface area contributed by atoms with E-state index >= 15 is 0 Å². The molecule has 4 nitrogen and oxygen atoms in total. The summed E-state index contributed by atoms with van der Waals surface area (Å²) in [6.45, 7) is 8.16. The highest BCUT2D eigenvalue weighted by Crippen LogP contribution is 2.34. The number of hydrogen-bond donors (Lipinski definition) is 1. The van der Waals surface area contributed by atoms with Gasteiger partial charge in [-0.25, -0.2) is 4.79 Å². The van der Waals surface area contributed by atoms with Crippen molar-refractivity contribution >= 4 is 11.7 Å². The molecule has 1 aromatic rings. The molecule has 3 rings (SSSR count). The molecule has 0 unspecified atom stereocenters. The van der Waals surface area contributed by atoms with Gasteiger partial charge in [0.25, 0.3) is 0 Å². The van der Waals surface area contributed by atoms with Gasteiger partial charge in [0.1, 0.15) is 0 Å². The first-order valence-corrected chi connectivity index (χ1v) is 8.14. The van der Waals surface area contributed by atoms with Gasteiger partial charge in [-0.3, -0.25) is 9.80 Å². The smallest absolute Gasteiger partial charge is 0.322 e. The Hall–Kier alpha value is -1.55. The molecule has 0 fully saturated rings.